The molecule has 0 bridgehead atoms. The Morgan fingerprint density at radius 3 is 2.91 bits per heavy atom. The predicted molar refractivity (Wildman–Crippen MR) is 90.2 cm³/mol. The van der Waals surface area contributed by atoms with Crippen LogP contribution < -0.4 is 14.8 Å². The standard InChI is InChI=1S/C18H28N2O3/c1-20-7-8-22-16(12-20)11-19-10-15-5-6-17(21-2)18(9-15)23-13-14-3-4-14/h5-6,9,14,16,19H,3-4,7-8,10-13H2,1-2H3. The number of rotatable bonds is 8. The topological polar surface area (TPSA) is 43.0 Å². The first-order valence-corrected chi connectivity index (χ1v) is 8.55. The largest absolute Gasteiger partial charge is 0.493 e. The second-order valence-electron chi connectivity index (χ2n) is 6.63. The van der Waals surface area contributed by atoms with Crippen molar-refractivity contribution >= 4 is 0 Å². The van der Waals surface area contributed by atoms with Crippen LogP contribution >= 0.6 is 0 Å². The summed E-state index contributed by atoms with van der Waals surface area (Å²) in [4.78, 5) is 2.31. The highest BCUT2D eigenvalue weighted by atomic mass is 16.5. The molecule has 2 fully saturated rings. The van der Waals surface area contributed by atoms with Crippen molar-refractivity contribution in [1.82, 2.24) is 10.2 Å². The molecular formula is C18H28N2O3. The van der Waals surface area contributed by atoms with E-state index in [4.69, 9.17) is 14.2 Å². The van der Waals surface area contributed by atoms with Crippen LogP contribution in [0.15, 0.2) is 18.2 Å². The van der Waals surface area contributed by atoms with Crippen LogP contribution in [0.5, 0.6) is 11.5 Å². The average Bonchev–Trinajstić information content (AvgIpc) is 3.37. The van der Waals surface area contributed by atoms with Crippen molar-refractivity contribution in [2.45, 2.75) is 25.5 Å². The van der Waals surface area contributed by atoms with Crippen molar-refractivity contribution < 1.29 is 14.2 Å². The summed E-state index contributed by atoms with van der Waals surface area (Å²) in [6.07, 6.45) is 2.86. The normalized spacial score (nSPS) is 22.1. The summed E-state index contributed by atoms with van der Waals surface area (Å²) in [7, 11) is 3.83. The van der Waals surface area contributed by atoms with Crippen molar-refractivity contribution in [2.75, 3.05) is 47.0 Å². The smallest absolute Gasteiger partial charge is 0.161 e. The van der Waals surface area contributed by atoms with Gasteiger partial charge in [-0.1, -0.05) is 6.07 Å². The van der Waals surface area contributed by atoms with Gasteiger partial charge in [-0.2, -0.15) is 0 Å². The van der Waals surface area contributed by atoms with Crippen molar-refractivity contribution in [3.05, 3.63) is 23.8 Å². The van der Waals surface area contributed by atoms with Gasteiger partial charge in [-0.25, -0.2) is 0 Å². The number of benzene rings is 1. The molecule has 1 aromatic carbocycles. The highest BCUT2D eigenvalue weighted by Gasteiger charge is 2.22. The Labute approximate surface area is 138 Å². The molecule has 1 saturated carbocycles. The molecule has 1 heterocycles. The molecule has 1 aromatic rings. The van der Waals surface area contributed by atoms with E-state index in [1.807, 2.05) is 6.07 Å². The van der Waals surface area contributed by atoms with Crippen molar-refractivity contribution in [3.63, 3.8) is 0 Å². The Hall–Kier alpha value is -1.30. The zero-order valence-corrected chi connectivity index (χ0v) is 14.2. The maximum absolute atomic E-state index is 5.92. The number of hydrogen-bond acceptors (Lipinski definition) is 5. The quantitative estimate of drug-likeness (QED) is 0.792. The fourth-order valence-corrected chi connectivity index (χ4v) is 2.80. The van der Waals surface area contributed by atoms with Gasteiger partial charge in [0, 0.05) is 26.2 Å². The zero-order valence-electron chi connectivity index (χ0n) is 14.2. The van der Waals surface area contributed by atoms with E-state index < -0.39 is 0 Å². The average molecular weight is 320 g/mol. The molecule has 1 atom stereocenters. The maximum Gasteiger partial charge on any atom is 0.161 e. The SMILES string of the molecule is COc1ccc(CNCC2CN(C)CCO2)cc1OCC1CC1. The lowest BCUT2D eigenvalue weighted by Crippen LogP contribution is -2.44. The molecule has 0 amide bonds. The number of morpholine rings is 1. The predicted octanol–water partition coefficient (Wildman–Crippen LogP) is 1.90. The van der Waals surface area contributed by atoms with E-state index in [1.165, 1.54) is 18.4 Å². The molecule has 1 aliphatic heterocycles. The first-order valence-electron chi connectivity index (χ1n) is 8.55. The molecule has 1 saturated heterocycles. The van der Waals surface area contributed by atoms with Crippen molar-refractivity contribution in [2.24, 2.45) is 5.92 Å². The number of nitrogens with zero attached hydrogens (tertiary/aromatic N) is 1. The van der Waals surface area contributed by atoms with E-state index >= 15 is 0 Å². The third-order valence-corrected chi connectivity index (χ3v) is 4.44. The van der Waals surface area contributed by atoms with Crippen LogP contribution in [0, 0.1) is 5.92 Å². The molecule has 1 N–H and O–H groups in total. The van der Waals surface area contributed by atoms with E-state index in [0.29, 0.717) is 0 Å². The molecule has 2 aliphatic rings. The lowest BCUT2D eigenvalue weighted by Gasteiger charge is -2.30. The number of nitrogens with one attached hydrogen (secondary N) is 1. The van der Waals surface area contributed by atoms with Gasteiger partial charge in [0.25, 0.3) is 0 Å². The summed E-state index contributed by atoms with van der Waals surface area (Å²) in [6, 6.07) is 6.16. The lowest BCUT2D eigenvalue weighted by atomic mass is 10.2. The Morgan fingerprint density at radius 2 is 2.17 bits per heavy atom. The number of likely N-dealkylation sites (N-methyl/N-ethyl adjacent to an activating group) is 1. The van der Waals surface area contributed by atoms with Gasteiger partial charge in [0.05, 0.1) is 26.4 Å². The van der Waals surface area contributed by atoms with E-state index in [-0.39, 0.29) is 6.10 Å². The number of methoxy groups -OCH3 is 1. The first-order chi connectivity index (χ1) is 11.2. The third-order valence-electron chi connectivity index (χ3n) is 4.44. The van der Waals surface area contributed by atoms with Crippen LogP contribution in [0.2, 0.25) is 0 Å². The van der Waals surface area contributed by atoms with Gasteiger partial charge in [0.2, 0.25) is 0 Å². The molecule has 5 heteroatoms. The maximum atomic E-state index is 5.92. The summed E-state index contributed by atoms with van der Waals surface area (Å²) >= 11 is 0. The van der Waals surface area contributed by atoms with Gasteiger partial charge in [0.1, 0.15) is 0 Å². The summed E-state index contributed by atoms with van der Waals surface area (Å²) < 4.78 is 17.1. The lowest BCUT2D eigenvalue weighted by molar-refractivity contribution is -0.0182. The van der Waals surface area contributed by atoms with Crippen LogP contribution in [0.1, 0.15) is 18.4 Å². The summed E-state index contributed by atoms with van der Waals surface area (Å²) in [5.41, 5.74) is 1.21. The molecule has 5 nitrogen and oxygen atoms in total. The Balaban J connectivity index is 1.49. The monoisotopic (exact) mass is 320 g/mol. The molecule has 0 aromatic heterocycles. The Kier molecular flexibility index (Phi) is 5.75. The molecule has 1 unspecified atom stereocenters. The van der Waals surface area contributed by atoms with Gasteiger partial charge in [-0.15, -0.1) is 0 Å². The van der Waals surface area contributed by atoms with Gasteiger partial charge in [-0.05, 0) is 43.5 Å². The molecule has 23 heavy (non-hydrogen) atoms. The molecule has 128 valence electrons. The molecule has 0 radical (unpaired) electrons. The minimum atomic E-state index is 0.276. The summed E-state index contributed by atoms with van der Waals surface area (Å²) in [5.74, 6) is 2.40. The second-order valence-corrected chi connectivity index (χ2v) is 6.63. The number of ether oxygens (including phenoxy) is 3. The minimum absolute atomic E-state index is 0.276. The fourth-order valence-electron chi connectivity index (χ4n) is 2.80. The Bertz CT molecular complexity index is 505. The van der Waals surface area contributed by atoms with E-state index in [2.05, 4.69) is 29.4 Å². The van der Waals surface area contributed by atoms with Crippen LogP contribution in [-0.2, 0) is 11.3 Å². The highest BCUT2D eigenvalue weighted by molar-refractivity contribution is 5.43. The van der Waals surface area contributed by atoms with Crippen LogP contribution in [0.3, 0.4) is 0 Å². The van der Waals surface area contributed by atoms with Crippen molar-refractivity contribution in [3.8, 4) is 11.5 Å². The molecule has 3 rings (SSSR count). The molecule has 1 aliphatic carbocycles. The van der Waals surface area contributed by atoms with Crippen LogP contribution in [0.25, 0.3) is 0 Å². The molecule has 0 spiro atoms. The fraction of sp³-hybridized carbons (Fsp3) is 0.667. The van der Waals surface area contributed by atoms with E-state index in [0.717, 1.165) is 56.8 Å². The van der Waals surface area contributed by atoms with E-state index in [1.54, 1.807) is 7.11 Å². The van der Waals surface area contributed by atoms with Crippen molar-refractivity contribution in [1.29, 1.82) is 0 Å². The number of hydrogen-bond donors (Lipinski definition) is 1. The zero-order chi connectivity index (χ0) is 16.1. The third kappa shape index (κ3) is 5.09. The second kappa shape index (κ2) is 7.99. The van der Waals surface area contributed by atoms with Crippen LogP contribution in [-0.4, -0.2) is 58.0 Å². The van der Waals surface area contributed by atoms with Gasteiger partial charge >= 0.3 is 0 Å². The van der Waals surface area contributed by atoms with Gasteiger partial charge in [-0.3, -0.25) is 0 Å². The Morgan fingerprint density at radius 1 is 1.30 bits per heavy atom. The first kappa shape index (κ1) is 16.6. The van der Waals surface area contributed by atoms with Gasteiger partial charge < -0.3 is 24.4 Å². The highest BCUT2D eigenvalue weighted by Crippen LogP contribution is 2.33. The van der Waals surface area contributed by atoms with E-state index in [9.17, 15) is 0 Å². The minimum Gasteiger partial charge on any atom is -0.493 e. The van der Waals surface area contributed by atoms with Crippen LogP contribution in [0.4, 0.5) is 0 Å². The van der Waals surface area contributed by atoms with Gasteiger partial charge in [0.15, 0.2) is 11.5 Å². The molecular weight excluding hydrogens is 292 g/mol. The summed E-state index contributed by atoms with van der Waals surface area (Å²) in [6.45, 7) is 5.32. The summed E-state index contributed by atoms with van der Waals surface area (Å²) in [5, 5.41) is 3.49.